The second-order valence-electron chi connectivity index (χ2n) is 3.72. The molecular formula is C9H19NO2. The van der Waals surface area contributed by atoms with Gasteiger partial charge in [-0.1, -0.05) is 6.42 Å². The van der Waals surface area contributed by atoms with Gasteiger partial charge in [-0.25, -0.2) is 0 Å². The van der Waals surface area contributed by atoms with Crippen molar-refractivity contribution in [3.8, 4) is 0 Å². The molecule has 0 aromatic heterocycles. The first-order chi connectivity index (χ1) is 5.73. The lowest BCUT2D eigenvalue weighted by atomic mass is 9.73. The second kappa shape index (κ2) is 4.21. The number of nitrogens with two attached hydrogens (primary N) is 1. The van der Waals surface area contributed by atoms with Crippen LogP contribution in [0, 0.1) is 5.92 Å². The van der Waals surface area contributed by atoms with E-state index in [4.69, 9.17) is 15.6 Å². The third kappa shape index (κ3) is 1.97. The summed E-state index contributed by atoms with van der Waals surface area (Å²) in [5.41, 5.74) is 5.46. The molecule has 0 radical (unpaired) electrons. The fourth-order valence-electron chi connectivity index (χ4n) is 1.64. The van der Waals surface area contributed by atoms with E-state index in [0.29, 0.717) is 19.1 Å². The highest BCUT2D eigenvalue weighted by atomic mass is 16.5. The zero-order valence-corrected chi connectivity index (χ0v) is 7.75. The van der Waals surface area contributed by atoms with E-state index >= 15 is 0 Å². The van der Waals surface area contributed by atoms with Gasteiger partial charge in [0.25, 0.3) is 0 Å². The molecule has 0 aromatic carbocycles. The molecular weight excluding hydrogens is 154 g/mol. The van der Waals surface area contributed by atoms with Crippen LogP contribution in [0.3, 0.4) is 0 Å². The van der Waals surface area contributed by atoms with E-state index in [9.17, 15) is 0 Å². The highest BCUT2D eigenvalue weighted by Crippen LogP contribution is 2.37. The molecule has 0 aliphatic heterocycles. The van der Waals surface area contributed by atoms with Crippen molar-refractivity contribution in [2.24, 2.45) is 11.7 Å². The van der Waals surface area contributed by atoms with Gasteiger partial charge in [0, 0.05) is 6.54 Å². The quantitative estimate of drug-likeness (QED) is 0.637. The Morgan fingerprint density at radius 3 is 2.58 bits per heavy atom. The Hall–Kier alpha value is -0.120. The molecule has 3 nitrogen and oxygen atoms in total. The summed E-state index contributed by atoms with van der Waals surface area (Å²) in [6.07, 6.45) is 3.74. The molecule has 1 aliphatic rings. The maximum atomic E-state index is 8.63. The van der Waals surface area contributed by atoms with Crippen molar-refractivity contribution in [3.05, 3.63) is 0 Å². The highest BCUT2D eigenvalue weighted by molar-refractivity contribution is 4.90. The largest absolute Gasteiger partial charge is 0.394 e. The van der Waals surface area contributed by atoms with Crippen LogP contribution in [0.15, 0.2) is 0 Å². The Bertz CT molecular complexity index is 136. The lowest BCUT2D eigenvalue weighted by Crippen LogP contribution is -2.48. The molecule has 0 amide bonds. The Labute approximate surface area is 73.9 Å². The molecule has 0 saturated heterocycles. The van der Waals surface area contributed by atoms with Crippen molar-refractivity contribution in [2.45, 2.75) is 31.8 Å². The first-order valence-electron chi connectivity index (χ1n) is 4.68. The number of hydrogen-bond donors (Lipinski definition) is 2. The molecule has 0 aromatic rings. The molecule has 0 heterocycles. The van der Waals surface area contributed by atoms with Crippen LogP contribution in [0.5, 0.6) is 0 Å². The maximum absolute atomic E-state index is 8.63. The van der Waals surface area contributed by atoms with Crippen molar-refractivity contribution < 1.29 is 9.84 Å². The standard InChI is InChI=1S/C9H19NO2/c1-9(7-10,12-6-5-11)8-3-2-4-8/h8,11H,2-7,10H2,1H3. The Morgan fingerprint density at radius 1 is 1.58 bits per heavy atom. The minimum absolute atomic E-state index is 0.0856. The lowest BCUT2D eigenvalue weighted by molar-refractivity contribution is -0.0977. The van der Waals surface area contributed by atoms with Crippen molar-refractivity contribution in [3.63, 3.8) is 0 Å². The molecule has 1 aliphatic carbocycles. The molecule has 3 N–H and O–H groups in total. The summed E-state index contributed by atoms with van der Waals surface area (Å²) < 4.78 is 5.56. The van der Waals surface area contributed by atoms with Gasteiger partial charge < -0.3 is 15.6 Å². The van der Waals surface area contributed by atoms with E-state index < -0.39 is 0 Å². The summed E-state index contributed by atoms with van der Waals surface area (Å²) in [4.78, 5) is 0. The Morgan fingerprint density at radius 2 is 2.25 bits per heavy atom. The molecule has 12 heavy (non-hydrogen) atoms. The monoisotopic (exact) mass is 173 g/mol. The SMILES string of the molecule is CC(CN)(OCCO)C1CCC1. The topological polar surface area (TPSA) is 55.5 Å². The fourth-order valence-corrected chi connectivity index (χ4v) is 1.64. The van der Waals surface area contributed by atoms with Crippen molar-refractivity contribution >= 4 is 0 Å². The molecule has 3 heteroatoms. The number of ether oxygens (including phenoxy) is 1. The van der Waals surface area contributed by atoms with Crippen LogP contribution in [0.2, 0.25) is 0 Å². The average Bonchev–Trinajstić information content (AvgIpc) is 1.98. The third-order valence-electron chi connectivity index (χ3n) is 2.90. The van der Waals surface area contributed by atoms with Gasteiger partial charge in [0.05, 0.1) is 18.8 Å². The van der Waals surface area contributed by atoms with Crippen molar-refractivity contribution in [1.82, 2.24) is 0 Å². The number of hydrogen-bond acceptors (Lipinski definition) is 3. The molecule has 1 rings (SSSR count). The van der Waals surface area contributed by atoms with Crippen LogP contribution in [0.1, 0.15) is 26.2 Å². The summed E-state index contributed by atoms with van der Waals surface area (Å²) in [5.74, 6) is 0.606. The maximum Gasteiger partial charge on any atom is 0.0805 e. The van der Waals surface area contributed by atoms with Crippen LogP contribution in [-0.2, 0) is 4.74 Å². The van der Waals surface area contributed by atoms with E-state index in [2.05, 4.69) is 0 Å². The van der Waals surface area contributed by atoms with Gasteiger partial charge >= 0.3 is 0 Å². The third-order valence-corrected chi connectivity index (χ3v) is 2.90. The molecule has 1 saturated carbocycles. The molecule has 1 atom stereocenters. The van der Waals surface area contributed by atoms with E-state index in [1.807, 2.05) is 6.92 Å². The van der Waals surface area contributed by atoms with E-state index in [1.165, 1.54) is 19.3 Å². The zero-order valence-electron chi connectivity index (χ0n) is 7.75. The molecule has 1 fully saturated rings. The number of rotatable bonds is 5. The van der Waals surface area contributed by atoms with Gasteiger partial charge in [-0.05, 0) is 25.7 Å². The zero-order chi connectivity index (χ0) is 9.03. The van der Waals surface area contributed by atoms with E-state index in [0.717, 1.165) is 0 Å². The molecule has 0 spiro atoms. The van der Waals surface area contributed by atoms with Crippen LogP contribution in [-0.4, -0.2) is 30.5 Å². The second-order valence-corrected chi connectivity index (χ2v) is 3.72. The average molecular weight is 173 g/mol. The number of aliphatic hydroxyl groups is 1. The van der Waals surface area contributed by atoms with Crippen LogP contribution in [0.4, 0.5) is 0 Å². The summed E-state index contributed by atoms with van der Waals surface area (Å²) in [5, 5.41) is 8.63. The van der Waals surface area contributed by atoms with Crippen LogP contribution < -0.4 is 5.73 Å². The van der Waals surface area contributed by atoms with Gasteiger partial charge in [-0.2, -0.15) is 0 Å². The van der Waals surface area contributed by atoms with Gasteiger partial charge in [0.15, 0.2) is 0 Å². The summed E-state index contributed by atoms with van der Waals surface area (Å²) in [6, 6.07) is 0. The lowest BCUT2D eigenvalue weighted by Gasteiger charge is -2.41. The first kappa shape index (κ1) is 9.96. The summed E-state index contributed by atoms with van der Waals surface area (Å²) >= 11 is 0. The Balaban J connectivity index is 2.37. The van der Waals surface area contributed by atoms with Gasteiger partial charge in [0.2, 0.25) is 0 Å². The first-order valence-corrected chi connectivity index (χ1v) is 4.68. The van der Waals surface area contributed by atoms with E-state index in [-0.39, 0.29) is 12.2 Å². The van der Waals surface area contributed by atoms with Crippen molar-refractivity contribution in [1.29, 1.82) is 0 Å². The van der Waals surface area contributed by atoms with Crippen LogP contribution >= 0.6 is 0 Å². The minimum atomic E-state index is -0.193. The normalized spacial score (nSPS) is 23.2. The predicted octanol–water partition coefficient (Wildman–Crippen LogP) is 0.513. The Kier molecular flexibility index (Phi) is 3.50. The fraction of sp³-hybridized carbons (Fsp3) is 1.00. The van der Waals surface area contributed by atoms with Crippen LogP contribution in [0.25, 0.3) is 0 Å². The highest BCUT2D eigenvalue weighted by Gasteiger charge is 2.37. The van der Waals surface area contributed by atoms with E-state index in [1.54, 1.807) is 0 Å². The van der Waals surface area contributed by atoms with Crippen molar-refractivity contribution in [2.75, 3.05) is 19.8 Å². The van der Waals surface area contributed by atoms with Gasteiger partial charge in [-0.3, -0.25) is 0 Å². The molecule has 1 unspecified atom stereocenters. The molecule has 0 bridgehead atoms. The van der Waals surface area contributed by atoms with Gasteiger partial charge in [0.1, 0.15) is 0 Å². The summed E-state index contributed by atoms with van der Waals surface area (Å²) in [6.45, 7) is 3.09. The minimum Gasteiger partial charge on any atom is -0.394 e. The summed E-state index contributed by atoms with van der Waals surface area (Å²) in [7, 11) is 0. The van der Waals surface area contributed by atoms with Gasteiger partial charge in [-0.15, -0.1) is 0 Å². The predicted molar refractivity (Wildman–Crippen MR) is 47.8 cm³/mol. The molecule has 72 valence electrons. The number of aliphatic hydroxyl groups excluding tert-OH is 1. The smallest absolute Gasteiger partial charge is 0.0805 e.